The first-order valence-corrected chi connectivity index (χ1v) is 7.29. The lowest BCUT2D eigenvalue weighted by molar-refractivity contribution is -0.147. The molecule has 1 saturated heterocycles. The lowest BCUT2D eigenvalue weighted by Gasteiger charge is -2.24. The number of carbonyl (C=O) groups excluding carboxylic acids is 1. The van der Waals surface area contributed by atoms with Crippen molar-refractivity contribution in [2.75, 3.05) is 0 Å². The first kappa shape index (κ1) is 15.3. The van der Waals surface area contributed by atoms with Gasteiger partial charge in [0.15, 0.2) is 0 Å². The third-order valence-electron chi connectivity index (χ3n) is 4.37. The maximum atomic E-state index is 12.1. The van der Waals surface area contributed by atoms with E-state index in [4.69, 9.17) is 4.74 Å². The highest BCUT2D eigenvalue weighted by atomic mass is 35.5. The smallest absolute Gasteiger partial charge is 0.323 e. The Morgan fingerprint density at radius 2 is 1.95 bits per heavy atom. The first-order chi connectivity index (χ1) is 9.33. The van der Waals surface area contributed by atoms with E-state index in [0.717, 1.165) is 12.0 Å². The van der Waals surface area contributed by atoms with Crippen LogP contribution >= 0.6 is 12.4 Å². The summed E-state index contributed by atoms with van der Waals surface area (Å²) in [5.41, 5.74) is 1.05. The summed E-state index contributed by atoms with van der Waals surface area (Å²) in [6.07, 6.45) is 6.04. The second-order valence-electron chi connectivity index (χ2n) is 5.70. The Balaban J connectivity index is 0.00000147. The van der Waals surface area contributed by atoms with Crippen LogP contribution in [-0.4, -0.2) is 18.1 Å². The average Bonchev–Trinajstić information content (AvgIpc) is 2.90. The van der Waals surface area contributed by atoms with E-state index in [0.29, 0.717) is 18.6 Å². The van der Waals surface area contributed by atoms with Gasteiger partial charge in [0.05, 0.1) is 0 Å². The molecule has 0 amide bonds. The van der Waals surface area contributed by atoms with Crippen LogP contribution in [0.2, 0.25) is 0 Å². The molecule has 2 aliphatic rings. The van der Waals surface area contributed by atoms with Crippen LogP contribution in [0.15, 0.2) is 30.3 Å². The van der Waals surface area contributed by atoms with Gasteiger partial charge in [0.1, 0.15) is 12.6 Å². The zero-order valence-corrected chi connectivity index (χ0v) is 12.4. The molecule has 2 fully saturated rings. The second kappa shape index (κ2) is 7.09. The van der Waals surface area contributed by atoms with Gasteiger partial charge in [-0.15, -0.1) is 12.4 Å². The Kier molecular flexibility index (Phi) is 5.44. The maximum Gasteiger partial charge on any atom is 0.323 e. The lowest BCUT2D eigenvalue weighted by atomic mass is 9.85. The Labute approximate surface area is 126 Å². The SMILES string of the molecule is Cl.O=C(OCc1ccccc1)[C@@H]1C[C@H]2CCCC[C@@H]2N1. The molecule has 1 aliphatic heterocycles. The number of nitrogens with one attached hydrogen (secondary N) is 1. The molecule has 0 unspecified atom stereocenters. The third kappa shape index (κ3) is 3.53. The van der Waals surface area contributed by atoms with Gasteiger partial charge in [-0.2, -0.15) is 0 Å². The van der Waals surface area contributed by atoms with Crippen molar-refractivity contribution in [1.82, 2.24) is 5.32 Å². The van der Waals surface area contributed by atoms with Crippen molar-refractivity contribution in [2.45, 2.75) is 50.8 Å². The minimum atomic E-state index is -0.0863. The number of esters is 1. The Hall–Kier alpha value is -1.06. The number of halogens is 1. The van der Waals surface area contributed by atoms with Gasteiger partial charge in [0.25, 0.3) is 0 Å². The molecule has 1 aromatic carbocycles. The lowest BCUT2D eigenvalue weighted by Crippen LogP contribution is -2.37. The van der Waals surface area contributed by atoms with Gasteiger partial charge in [-0.3, -0.25) is 4.79 Å². The maximum absolute atomic E-state index is 12.1. The summed E-state index contributed by atoms with van der Waals surface area (Å²) in [5.74, 6) is 0.598. The monoisotopic (exact) mass is 295 g/mol. The van der Waals surface area contributed by atoms with Gasteiger partial charge < -0.3 is 10.1 Å². The van der Waals surface area contributed by atoms with Gasteiger partial charge in [-0.05, 0) is 30.7 Å². The van der Waals surface area contributed by atoms with Gasteiger partial charge in [-0.1, -0.05) is 43.2 Å². The highest BCUT2D eigenvalue weighted by Crippen LogP contribution is 2.33. The molecule has 3 atom stereocenters. The number of rotatable bonds is 3. The Bertz CT molecular complexity index is 423. The molecule has 0 aromatic heterocycles. The molecule has 0 spiro atoms. The molecule has 3 nitrogen and oxygen atoms in total. The van der Waals surface area contributed by atoms with Crippen LogP contribution in [0.5, 0.6) is 0 Å². The Morgan fingerprint density at radius 3 is 2.70 bits per heavy atom. The molecule has 4 heteroatoms. The standard InChI is InChI=1S/C16H21NO2.ClH/c18-16(19-11-12-6-2-1-3-7-12)15-10-13-8-4-5-9-14(13)17-15;/h1-3,6-7,13-15,17H,4-5,8-11H2;1H/t13-,14+,15+;/m1./s1. The van der Waals surface area contributed by atoms with Crippen LogP contribution in [0.25, 0.3) is 0 Å². The van der Waals surface area contributed by atoms with E-state index >= 15 is 0 Å². The molecule has 1 aliphatic carbocycles. The molecule has 1 saturated carbocycles. The van der Waals surface area contributed by atoms with Gasteiger partial charge in [0, 0.05) is 6.04 Å². The first-order valence-electron chi connectivity index (χ1n) is 7.29. The van der Waals surface area contributed by atoms with Crippen molar-refractivity contribution in [3.63, 3.8) is 0 Å². The van der Waals surface area contributed by atoms with Crippen molar-refractivity contribution >= 4 is 18.4 Å². The molecule has 1 heterocycles. The van der Waals surface area contributed by atoms with Gasteiger partial charge in [-0.25, -0.2) is 0 Å². The summed E-state index contributed by atoms with van der Waals surface area (Å²) >= 11 is 0. The number of fused-ring (bicyclic) bond motifs is 1. The van der Waals surface area contributed by atoms with Crippen LogP contribution in [-0.2, 0) is 16.1 Å². The second-order valence-corrected chi connectivity index (χ2v) is 5.70. The minimum absolute atomic E-state index is 0. The summed E-state index contributed by atoms with van der Waals surface area (Å²) in [5, 5.41) is 3.45. The summed E-state index contributed by atoms with van der Waals surface area (Å²) in [6, 6.07) is 10.3. The molecule has 20 heavy (non-hydrogen) atoms. The van der Waals surface area contributed by atoms with Crippen molar-refractivity contribution in [3.05, 3.63) is 35.9 Å². The van der Waals surface area contributed by atoms with Gasteiger partial charge >= 0.3 is 5.97 Å². The topological polar surface area (TPSA) is 38.3 Å². The number of ether oxygens (including phenoxy) is 1. The van der Waals surface area contributed by atoms with E-state index < -0.39 is 0 Å². The predicted octanol–water partition coefficient (Wildman–Crippen LogP) is 3.07. The molecule has 1 aromatic rings. The van der Waals surface area contributed by atoms with E-state index in [1.165, 1.54) is 25.7 Å². The molecule has 0 radical (unpaired) electrons. The van der Waals surface area contributed by atoms with Crippen LogP contribution in [0.4, 0.5) is 0 Å². The van der Waals surface area contributed by atoms with Crippen LogP contribution in [0.1, 0.15) is 37.7 Å². The number of carbonyl (C=O) groups is 1. The van der Waals surface area contributed by atoms with Crippen LogP contribution in [0, 0.1) is 5.92 Å². The number of hydrogen-bond donors (Lipinski definition) is 1. The van der Waals surface area contributed by atoms with Crippen molar-refractivity contribution in [3.8, 4) is 0 Å². The van der Waals surface area contributed by atoms with Crippen molar-refractivity contribution < 1.29 is 9.53 Å². The van der Waals surface area contributed by atoms with Crippen molar-refractivity contribution in [2.24, 2.45) is 5.92 Å². The van der Waals surface area contributed by atoms with E-state index in [-0.39, 0.29) is 24.4 Å². The quantitative estimate of drug-likeness (QED) is 0.871. The van der Waals surface area contributed by atoms with Gasteiger partial charge in [0.2, 0.25) is 0 Å². The fourth-order valence-corrected chi connectivity index (χ4v) is 3.33. The summed E-state index contributed by atoms with van der Waals surface area (Å²) in [4.78, 5) is 12.1. The van der Waals surface area contributed by atoms with Crippen molar-refractivity contribution in [1.29, 1.82) is 0 Å². The van der Waals surface area contributed by atoms with Crippen LogP contribution in [0.3, 0.4) is 0 Å². The zero-order chi connectivity index (χ0) is 13.1. The molecule has 0 bridgehead atoms. The highest BCUT2D eigenvalue weighted by Gasteiger charge is 2.38. The molecule has 110 valence electrons. The van der Waals surface area contributed by atoms with Crippen LogP contribution < -0.4 is 5.32 Å². The summed E-state index contributed by atoms with van der Waals surface area (Å²) in [7, 11) is 0. The normalized spacial score (nSPS) is 28.3. The third-order valence-corrected chi connectivity index (χ3v) is 4.37. The van der Waals surface area contributed by atoms with E-state index in [1.807, 2.05) is 30.3 Å². The van der Waals surface area contributed by atoms with E-state index in [1.54, 1.807) is 0 Å². The minimum Gasteiger partial charge on any atom is -0.460 e. The van der Waals surface area contributed by atoms with E-state index in [2.05, 4.69) is 5.32 Å². The fraction of sp³-hybridized carbons (Fsp3) is 0.562. The molecular formula is C16H22ClNO2. The predicted molar refractivity (Wildman–Crippen MR) is 80.8 cm³/mol. The van der Waals surface area contributed by atoms with E-state index in [9.17, 15) is 4.79 Å². The Morgan fingerprint density at radius 1 is 1.20 bits per heavy atom. The highest BCUT2D eigenvalue weighted by molar-refractivity contribution is 5.85. The number of benzene rings is 1. The summed E-state index contributed by atoms with van der Waals surface area (Å²) in [6.45, 7) is 0.382. The summed E-state index contributed by atoms with van der Waals surface area (Å²) < 4.78 is 5.42. The zero-order valence-electron chi connectivity index (χ0n) is 11.6. The average molecular weight is 296 g/mol. The number of hydrogen-bond acceptors (Lipinski definition) is 3. The molecular weight excluding hydrogens is 274 g/mol. The fourth-order valence-electron chi connectivity index (χ4n) is 3.33. The molecule has 1 N–H and O–H groups in total. The molecule has 3 rings (SSSR count). The largest absolute Gasteiger partial charge is 0.460 e.